The van der Waals surface area contributed by atoms with E-state index in [4.69, 9.17) is 4.99 Å². The number of hydrogen-bond acceptors (Lipinski definition) is 5. The first-order valence-electron chi connectivity index (χ1n) is 6.93. The molecule has 1 heterocycles. The molecular formula is C14H17N3O2S. The lowest BCUT2D eigenvalue weighted by Gasteiger charge is -2.23. The average Bonchev–Trinajstić information content (AvgIpc) is 2.88. The molecule has 0 radical (unpaired) electrons. The third-order valence-corrected chi connectivity index (χ3v) is 4.82. The van der Waals surface area contributed by atoms with Crippen LogP contribution in [0.3, 0.4) is 0 Å². The Balaban J connectivity index is 1.56. The number of nitro benzene ring substituents is 1. The number of nitro groups is 1. The van der Waals surface area contributed by atoms with Crippen molar-refractivity contribution in [3.8, 4) is 0 Å². The molecule has 2 aliphatic rings. The summed E-state index contributed by atoms with van der Waals surface area (Å²) in [5.41, 5.74) is 1.22. The van der Waals surface area contributed by atoms with Gasteiger partial charge in [-0.25, -0.2) is 0 Å². The largest absolute Gasteiger partial charge is 0.360 e. The molecule has 1 aromatic carbocycles. The molecule has 5 nitrogen and oxygen atoms in total. The van der Waals surface area contributed by atoms with E-state index >= 15 is 0 Å². The van der Waals surface area contributed by atoms with E-state index in [1.165, 1.54) is 25.7 Å². The predicted molar refractivity (Wildman–Crippen MR) is 81.0 cm³/mol. The SMILES string of the molecule is O=[N+]([O-])c1ccc(CSC2=NC3CCCCC3N2)cc1. The molecule has 1 aliphatic heterocycles. The number of amidine groups is 1. The highest BCUT2D eigenvalue weighted by Gasteiger charge is 2.30. The summed E-state index contributed by atoms with van der Waals surface area (Å²) < 4.78 is 0. The van der Waals surface area contributed by atoms with Crippen LogP contribution in [0, 0.1) is 10.1 Å². The Morgan fingerprint density at radius 1 is 1.30 bits per heavy atom. The summed E-state index contributed by atoms with van der Waals surface area (Å²) in [5, 5.41) is 15.1. The van der Waals surface area contributed by atoms with E-state index in [1.807, 2.05) is 12.1 Å². The first-order chi connectivity index (χ1) is 9.72. The van der Waals surface area contributed by atoms with Crippen LogP contribution in [-0.2, 0) is 5.75 Å². The summed E-state index contributed by atoms with van der Waals surface area (Å²) in [5.74, 6) is 0.795. The van der Waals surface area contributed by atoms with Gasteiger partial charge in [-0.15, -0.1) is 0 Å². The van der Waals surface area contributed by atoms with Crippen LogP contribution in [-0.4, -0.2) is 22.2 Å². The summed E-state index contributed by atoms with van der Waals surface area (Å²) >= 11 is 1.69. The highest BCUT2D eigenvalue weighted by Crippen LogP contribution is 2.28. The van der Waals surface area contributed by atoms with Gasteiger partial charge in [0.25, 0.3) is 5.69 Å². The number of thioether (sulfide) groups is 1. The van der Waals surface area contributed by atoms with Gasteiger partial charge in [-0.1, -0.05) is 36.7 Å². The van der Waals surface area contributed by atoms with Gasteiger partial charge >= 0.3 is 0 Å². The molecule has 2 atom stereocenters. The van der Waals surface area contributed by atoms with E-state index in [0.717, 1.165) is 16.5 Å². The number of non-ortho nitro benzene ring substituents is 1. The van der Waals surface area contributed by atoms with E-state index in [1.54, 1.807) is 23.9 Å². The lowest BCUT2D eigenvalue weighted by Crippen LogP contribution is -2.36. The van der Waals surface area contributed by atoms with Gasteiger partial charge in [-0.2, -0.15) is 0 Å². The Morgan fingerprint density at radius 2 is 2.05 bits per heavy atom. The first-order valence-corrected chi connectivity index (χ1v) is 7.91. The number of rotatable bonds is 3. The fourth-order valence-electron chi connectivity index (χ4n) is 2.73. The fraction of sp³-hybridized carbons (Fsp3) is 0.500. The van der Waals surface area contributed by atoms with Crippen LogP contribution in [0.25, 0.3) is 0 Å². The van der Waals surface area contributed by atoms with E-state index in [9.17, 15) is 10.1 Å². The van der Waals surface area contributed by atoms with Gasteiger partial charge in [-0.3, -0.25) is 15.1 Å². The normalized spacial score (nSPS) is 24.7. The molecule has 0 spiro atoms. The molecule has 1 fully saturated rings. The van der Waals surface area contributed by atoms with Crippen LogP contribution in [0.15, 0.2) is 29.3 Å². The molecule has 1 N–H and O–H groups in total. The molecule has 6 heteroatoms. The molecule has 0 saturated heterocycles. The monoisotopic (exact) mass is 291 g/mol. The average molecular weight is 291 g/mol. The number of aliphatic imine (C=N–C) groups is 1. The number of hydrogen-bond donors (Lipinski definition) is 1. The van der Waals surface area contributed by atoms with Crippen LogP contribution in [0.1, 0.15) is 31.2 Å². The lowest BCUT2D eigenvalue weighted by molar-refractivity contribution is -0.384. The molecule has 20 heavy (non-hydrogen) atoms. The van der Waals surface area contributed by atoms with E-state index < -0.39 is 0 Å². The van der Waals surface area contributed by atoms with Crippen molar-refractivity contribution >= 4 is 22.6 Å². The van der Waals surface area contributed by atoms with Crippen LogP contribution >= 0.6 is 11.8 Å². The Bertz CT molecular complexity index is 530. The smallest absolute Gasteiger partial charge is 0.269 e. The van der Waals surface area contributed by atoms with Crippen molar-refractivity contribution in [1.29, 1.82) is 0 Å². The Kier molecular flexibility index (Phi) is 3.91. The molecular weight excluding hydrogens is 274 g/mol. The Hall–Kier alpha value is -1.56. The zero-order chi connectivity index (χ0) is 13.9. The van der Waals surface area contributed by atoms with Crippen molar-refractivity contribution < 1.29 is 4.92 Å². The van der Waals surface area contributed by atoms with Crippen molar-refractivity contribution in [3.63, 3.8) is 0 Å². The second-order valence-electron chi connectivity index (χ2n) is 5.25. The second-order valence-corrected chi connectivity index (χ2v) is 6.21. The summed E-state index contributed by atoms with van der Waals surface area (Å²) in [4.78, 5) is 15.0. The van der Waals surface area contributed by atoms with Crippen LogP contribution in [0.5, 0.6) is 0 Å². The van der Waals surface area contributed by atoms with Crippen LogP contribution in [0.2, 0.25) is 0 Å². The first kappa shape index (κ1) is 13.4. The highest BCUT2D eigenvalue weighted by atomic mass is 32.2. The number of fused-ring (bicyclic) bond motifs is 1. The molecule has 1 aromatic rings. The van der Waals surface area contributed by atoms with E-state index in [2.05, 4.69) is 5.32 Å². The lowest BCUT2D eigenvalue weighted by atomic mass is 9.92. The molecule has 1 saturated carbocycles. The quantitative estimate of drug-likeness (QED) is 0.686. The van der Waals surface area contributed by atoms with Gasteiger partial charge < -0.3 is 5.32 Å². The standard InChI is InChI=1S/C14H17N3O2S/c18-17(19)11-7-5-10(6-8-11)9-20-14-15-12-3-1-2-4-13(12)16-14/h5-8,12-13H,1-4,9H2,(H,15,16). The minimum absolute atomic E-state index is 0.140. The minimum atomic E-state index is -0.371. The Morgan fingerprint density at radius 3 is 2.75 bits per heavy atom. The van der Waals surface area contributed by atoms with Gasteiger partial charge in [-0.05, 0) is 18.4 Å². The third kappa shape index (κ3) is 2.95. The molecule has 106 valence electrons. The van der Waals surface area contributed by atoms with E-state index in [0.29, 0.717) is 12.1 Å². The molecule has 0 bridgehead atoms. The maximum atomic E-state index is 10.6. The predicted octanol–water partition coefficient (Wildman–Crippen LogP) is 3.10. The van der Waals surface area contributed by atoms with Crippen molar-refractivity contribution in [2.24, 2.45) is 4.99 Å². The molecule has 1 aliphatic carbocycles. The molecule has 0 amide bonds. The zero-order valence-corrected chi connectivity index (χ0v) is 11.9. The van der Waals surface area contributed by atoms with Gasteiger partial charge in [0, 0.05) is 17.9 Å². The van der Waals surface area contributed by atoms with Crippen molar-refractivity contribution in [3.05, 3.63) is 39.9 Å². The number of nitrogens with one attached hydrogen (secondary N) is 1. The van der Waals surface area contributed by atoms with Crippen molar-refractivity contribution in [2.75, 3.05) is 0 Å². The van der Waals surface area contributed by atoms with Crippen LogP contribution in [0.4, 0.5) is 5.69 Å². The fourth-order valence-corrected chi connectivity index (χ4v) is 3.67. The Labute approximate surface area is 122 Å². The minimum Gasteiger partial charge on any atom is -0.360 e. The van der Waals surface area contributed by atoms with Gasteiger partial charge in [0.2, 0.25) is 0 Å². The molecule has 3 rings (SSSR count). The molecule has 0 aromatic heterocycles. The number of benzene rings is 1. The summed E-state index contributed by atoms with van der Waals surface area (Å²) in [6.45, 7) is 0. The third-order valence-electron chi connectivity index (χ3n) is 3.84. The maximum Gasteiger partial charge on any atom is 0.269 e. The topological polar surface area (TPSA) is 67.5 Å². The summed E-state index contributed by atoms with van der Waals surface area (Å²) in [7, 11) is 0. The van der Waals surface area contributed by atoms with Gasteiger partial charge in [0.1, 0.15) is 0 Å². The second kappa shape index (κ2) is 5.83. The van der Waals surface area contributed by atoms with Crippen molar-refractivity contribution in [1.82, 2.24) is 5.32 Å². The maximum absolute atomic E-state index is 10.6. The van der Waals surface area contributed by atoms with Gasteiger partial charge in [0.05, 0.1) is 17.0 Å². The number of nitrogens with zero attached hydrogens (tertiary/aromatic N) is 2. The van der Waals surface area contributed by atoms with Crippen LogP contribution < -0.4 is 5.32 Å². The van der Waals surface area contributed by atoms with Gasteiger partial charge in [0.15, 0.2) is 5.17 Å². The summed E-state index contributed by atoms with van der Waals surface area (Å²) in [6.07, 6.45) is 4.99. The summed E-state index contributed by atoms with van der Waals surface area (Å²) in [6, 6.07) is 7.73. The van der Waals surface area contributed by atoms with Crippen molar-refractivity contribution in [2.45, 2.75) is 43.5 Å². The molecule has 2 unspecified atom stereocenters. The van der Waals surface area contributed by atoms with E-state index in [-0.39, 0.29) is 10.6 Å². The zero-order valence-electron chi connectivity index (χ0n) is 11.1. The highest BCUT2D eigenvalue weighted by molar-refractivity contribution is 8.13.